The van der Waals surface area contributed by atoms with E-state index in [1.165, 1.54) is 0 Å². The van der Waals surface area contributed by atoms with Gasteiger partial charge >= 0.3 is 7.25 Å². The number of fused-ring (bicyclic) bond motifs is 1. The van der Waals surface area contributed by atoms with Crippen LogP contribution in [0.3, 0.4) is 0 Å². The van der Waals surface area contributed by atoms with Crippen LogP contribution in [0.4, 0.5) is 17.3 Å². The molecule has 0 fully saturated rings. The SMILES string of the molecule is COCC[NH+]=c1cc(-c2ccc(OC)c(OC)c2)oc2ccccc12.F[B-](F)(F)F. The number of hydrogen-bond acceptors (Lipinski definition) is 4. The van der Waals surface area contributed by atoms with E-state index in [0.717, 1.165) is 34.2 Å². The first-order valence-electron chi connectivity index (χ1n) is 8.95. The van der Waals surface area contributed by atoms with E-state index in [-0.39, 0.29) is 0 Å². The number of para-hydroxylation sites is 1. The van der Waals surface area contributed by atoms with Crippen LogP contribution in [0.2, 0.25) is 0 Å². The molecule has 0 saturated carbocycles. The lowest BCUT2D eigenvalue weighted by molar-refractivity contribution is -0.502. The van der Waals surface area contributed by atoms with Crippen LogP contribution < -0.4 is 19.8 Å². The van der Waals surface area contributed by atoms with Gasteiger partial charge in [-0.15, -0.1) is 0 Å². The molecule has 5 nitrogen and oxygen atoms in total. The largest absolute Gasteiger partial charge is 0.673 e. The predicted octanol–water partition coefficient (Wildman–Crippen LogP) is 3.04. The molecule has 0 spiro atoms. The molecule has 30 heavy (non-hydrogen) atoms. The highest BCUT2D eigenvalue weighted by Crippen LogP contribution is 2.32. The number of methoxy groups -OCH3 is 3. The van der Waals surface area contributed by atoms with E-state index in [4.69, 9.17) is 18.6 Å². The molecule has 10 heteroatoms. The summed E-state index contributed by atoms with van der Waals surface area (Å²) in [7, 11) is -1.07. The summed E-state index contributed by atoms with van der Waals surface area (Å²) < 4.78 is 60.9. The van der Waals surface area contributed by atoms with Crippen LogP contribution in [0.1, 0.15) is 0 Å². The molecular formula is C20H22BF4NO4. The molecule has 2 aromatic carbocycles. The Morgan fingerprint density at radius 1 is 0.900 bits per heavy atom. The lowest BCUT2D eigenvalue weighted by Crippen LogP contribution is -2.77. The van der Waals surface area contributed by atoms with E-state index in [0.29, 0.717) is 18.1 Å². The molecule has 0 amide bonds. The normalized spacial score (nSPS) is 11.8. The fraction of sp³-hybridized carbons (Fsp3) is 0.250. The Bertz CT molecular complexity index is 1030. The zero-order valence-corrected chi connectivity index (χ0v) is 16.8. The van der Waals surface area contributed by atoms with Gasteiger partial charge in [0, 0.05) is 12.7 Å². The van der Waals surface area contributed by atoms with Gasteiger partial charge in [0.25, 0.3) is 0 Å². The van der Waals surface area contributed by atoms with Crippen molar-refractivity contribution in [3.63, 3.8) is 0 Å². The first-order valence-corrected chi connectivity index (χ1v) is 8.95. The number of nitrogens with one attached hydrogen (secondary N) is 1. The molecule has 1 heterocycles. The van der Waals surface area contributed by atoms with E-state index in [1.807, 2.05) is 48.5 Å². The van der Waals surface area contributed by atoms with Crippen molar-refractivity contribution in [3.8, 4) is 22.8 Å². The second kappa shape index (κ2) is 10.7. The molecular weight excluding hydrogens is 405 g/mol. The highest BCUT2D eigenvalue weighted by Gasteiger charge is 2.20. The molecule has 1 N–H and O–H groups in total. The second-order valence-electron chi connectivity index (χ2n) is 6.00. The summed E-state index contributed by atoms with van der Waals surface area (Å²) in [6.45, 7) is 1.35. The first-order chi connectivity index (χ1) is 14.3. The van der Waals surface area contributed by atoms with Crippen molar-refractivity contribution in [2.75, 3.05) is 34.5 Å². The van der Waals surface area contributed by atoms with Gasteiger partial charge in [-0.3, -0.25) is 0 Å². The molecule has 3 rings (SSSR count). The van der Waals surface area contributed by atoms with Crippen molar-refractivity contribution in [3.05, 3.63) is 53.9 Å². The third kappa shape index (κ3) is 6.80. The number of hydrogen-bond donors (Lipinski definition) is 1. The molecule has 162 valence electrons. The van der Waals surface area contributed by atoms with Gasteiger partial charge in [0.05, 0.1) is 25.7 Å². The Kier molecular flexibility index (Phi) is 8.29. The van der Waals surface area contributed by atoms with E-state index in [2.05, 4.69) is 4.99 Å². The molecule has 0 atom stereocenters. The summed E-state index contributed by atoms with van der Waals surface area (Å²) in [5.74, 6) is 2.10. The number of ether oxygens (including phenoxy) is 3. The van der Waals surface area contributed by atoms with Crippen molar-refractivity contribution >= 4 is 18.2 Å². The maximum absolute atomic E-state index is 9.75. The van der Waals surface area contributed by atoms with E-state index < -0.39 is 7.25 Å². The summed E-state index contributed by atoms with van der Waals surface area (Å²) in [5, 5.41) is 2.03. The topological polar surface area (TPSA) is 54.8 Å². The average Bonchev–Trinajstić information content (AvgIpc) is 2.72. The van der Waals surface area contributed by atoms with Crippen LogP contribution in [-0.4, -0.2) is 41.7 Å². The maximum Gasteiger partial charge on any atom is 0.673 e. The van der Waals surface area contributed by atoms with Gasteiger partial charge in [-0.2, -0.15) is 0 Å². The van der Waals surface area contributed by atoms with Gasteiger partial charge in [0.2, 0.25) is 5.36 Å². The fourth-order valence-corrected chi connectivity index (χ4v) is 2.70. The lowest BCUT2D eigenvalue weighted by atomic mass is 10.1. The van der Waals surface area contributed by atoms with Crippen LogP contribution in [-0.2, 0) is 4.74 Å². The molecule has 0 aliphatic carbocycles. The Balaban J connectivity index is 0.000000575. The monoisotopic (exact) mass is 427 g/mol. The van der Waals surface area contributed by atoms with Crippen molar-refractivity contribution in [2.45, 2.75) is 0 Å². The van der Waals surface area contributed by atoms with Gasteiger partial charge < -0.3 is 35.9 Å². The van der Waals surface area contributed by atoms with Crippen LogP contribution in [0, 0.1) is 0 Å². The highest BCUT2D eigenvalue weighted by molar-refractivity contribution is 6.50. The smallest absolute Gasteiger partial charge is 0.493 e. The molecule has 0 aliphatic heterocycles. The third-order valence-corrected chi connectivity index (χ3v) is 3.96. The molecule has 0 aliphatic rings. The Morgan fingerprint density at radius 3 is 2.20 bits per heavy atom. The molecule has 0 radical (unpaired) electrons. The first kappa shape index (κ1) is 23.3. The van der Waals surface area contributed by atoms with Crippen LogP contribution in [0.15, 0.2) is 52.9 Å². The Labute approximate surface area is 171 Å². The van der Waals surface area contributed by atoms with E-state index in [9.17, 15) is 17.3 Å². The van der Waals surface area contributed by atoms with Crippen molar-refractivity contribution < 1.29 is 40.9 Å². The average molecular weight is 427 g/mol. The van der Waals surface area contributed by atoms with E-state index in [1.54, 1.807) is 21.3 Å². The highest BCUT2D eigenvalue weighted by atomic mass is 19.5. The van der Waals surface area contributed by atoms with Gasteiger partial charge in [-0.05, 0) is 30.3 Å². The van der Waals surface area contributed by atoms with Gasteiger partial charge in [-0.25, -0.2) is 4.99 Å². The Hall–Kier alpha value is -3.01. The zero-order chi connectivity index (χ0) is 22.1. The quantitative estimate of drug-likeness (QED) is 0.374. The van der Waals surface area contributed by atoms with Gasteiger partial charge in [-0.1, -0.05) is 12.1 Å². The zero-order valence-electron chi connectivity index (χ0n) is 16.8. The molecule has 0 saturated heterocycles. The summed E-state index contributed by atoms with van der Waals surface area (Å²) in [4.78, 5) is 3.41. The van der Waals surface area contributed by atoms with Crippen molar-refractivity contribution in [1.82, 2.24) is 0 Å². The minimum absolute atomic E-state index is 0.631. The van der Waals surface area contributed by atoms with Crippen molar-refractivity contribution in [1.29, 1.82) is 0 Å². The summed E-state index contributed by atoms with van der Waals surface area (Å²) >= 11 is 0. The molecule has 1 aromatic heterocycles. The van der Waals surface area contributed by atoms with Crippen LogP contribution >= 0.6 is 0 Å². The number of rotatable bonds is 6. The van der Waals surface area contributed by atoms with E-state index >= 15 is 0 Å². The minimum atomic E-state index is -6.00. The number of benzene rings is 2. The van der Waals surface area contributed by atoms with Gasteiger partial charge in [0.1, 0.15) is 18.0 Å². The molecule has 0 unspecified atom stereocenters. The third-order valence-electron chi connectivity index (χ3n) is 3.96. The minimum Gasteiger partial charge on any atom is -0.493 e. The Morgan fingerprint density at radius 2 is 1.57 bits per heavy atom. The second-order valence-corrected chi connectivity index (χ2v) is 6.00. The summed E-state index contributed by atoms with van der Waals surface area (Å²) in [5.41, 5.74) is 1.73. The van der Waals surface area contributed by atoms with Crippen LogP contribution in [0.25, 0.3) is 22.3 Å². The standard InChI is InChI=1S/C20H21NO4.BF4/c1-22-11-10-21-16-13-19(25-17-7-5-4-6-15(16)17)14-8-9-18(23-2)20(12-14)24-3;2-1(3,4)5/h4-9,12-13H,10-11H2,1-3H3;/q;-1/p+1. The lowest BCUT2D eigenvalue weighted by Gasteiger charge is -2.09. The molecule has 3 aromatic rings. The number of halogens is 4. The fourth-order valence-electron chi connectivity index (χ4n) is 2.70. The van der Waals surface area contributed by atoms with Crippen molar-refractivity contribution in [2.24, 2.45) is 0 Å². The van der Waals surface area contributed by atoms with Crippen LogP contribution in [0.5, 0.6) is 11.5 Å². The van der Waals surface area contributed by atoms with Gasteiger partial charge in [0.15, 0.2) is 18.0 Å². The summed E-state index contributed by atoms with van der Waals surface area (Å²) in [6, 6.07) is 15.7. The summed E-state index contributed by atoms with van der Waals surface area (Å²) in [6.07, 6.45) is 0. The predicted molar refractivity (Wildman–Crippen MR) is 106 cm³/mol. The molecule has 0 bridgehead atoms. The maximum atomic E-state index is 9.75.